The molecule has 20 heavy (non-hydrogen) atoms. The molecule has 3 N–H and O–H groups in total. The molecule has 0 bridgehead atoms. The average molecular weight is 328 g/mol. The lowest BCUT2D eigenvalue weighted by atomic mass is 10.3. The quantitative estimate of drug-likeness (QED) is 0.828. The Labute approximate surface area is 127 Å². The van der Waals surface area contributed by atoms with E-state index in [1.54, 1.807) is 30.0 Å². The zero-order valence-corrected chi connectivity index (χ0v) is 13.7. The highest BCUT2D eigenvalue weighted by Crippen LogP contribution is 2.27. The molecule has 1 heterocycles. The third kappa shape index (κ3) is 3.35. The maximum Gasteiger partial charge on any atom is 0.271 e. The monoisotopic (exact) mass is 328 g/mol. The molecular weight excluding hydrogens is 312 g/mol. The number of hydrogen-bond acceptors (Lipinski definition) is 5. The SMILES string of the molecule is CSc1ccc(NS(=O)(=O)c2cc(C)c(CN)s2)cc1. The van der Waals surface area contributed by atoms with Crippen LogP contribution in [0.4, 0.5) is 5.69 Å². The third-order valence-corrected chi connectivity index (χ3v) is 6.65. The van der Waals surface area contributed by atoms with Gasteiger partial charge in [0.2, 0.25) is 0 Å². The molecule has 7 heteroatoms. The number of nitrogens with one attached hydrogen (secondary N) is 1. The van der Waals surface area contributed by atoms with Crippen LogP contribution in [0.3, 0.4) is 0 Å². The summed E-state index contributed by atoms with van der Waals surface area (Å²) in [5.74, 6) is 0. The van der Waals surface area contributed by atoms with Crippen LogP contribution in [-0.2, 0) is 16.6 Å². The number of anilines is 1. The van der Waals surface area contributed by atoms with E-state index >= 15 is 0 Å². The van der Waals surface area contributed by atoms with Gasteiger partial charge in [0.25, 0.3) is 10.0 Å². The molecule has 2 aromatic rings. The first-order valence-corrected chi connectivity index (χ1v) is 9.45. The van der Waals surface area contributed by atoms with E-state index in [1.807, 2.05) is 25.3 Å². The van der Waals surface area contributed by atoms with Gasteiger partial charge in [-0.05, 0) is 49.1 Å². The summed E-state index contributed by atoms with van der Waals surface area (Å²) in [7, 11) is -3.54. The molecule has 0 saturated carbocycles. The molecule has 0 fully saturated rings. The van der Waals surface area contributed by atoms with Gasteiger partial charge in [-0.25, -0.2) is 8.42 Å². The maximum atomic E-state index is 12.3. The third-order valence-electron chi connectivity index (χ3n) is 2.79. The molecule has 4 nitrogen and oxygen atoms in total. The first-order valence-electron chi connectivity index (χ1n) is 5.92. The van der Waals surface area contributed by atoms with E-state index in [-0.39, 0.29) is 0 Å². The van der Waals surface area contributed by atoms with Gasteiger partial charge in [0.15, 0.2) is 0 Å². The van der Waals surface area contributed by atoms with Crippen LogP contribution < -0.4 is 10.5 Å². The largest absolute Gasteiger partial charge is 0.326 e. The zero-order valence-electron chi connectivity index (χ0n) is 11.2. The lowest BCUT2D eigenvalue weighted by molar-refractivity contribution is 0.603. The second-order valence-electron chi connectivity index (χ2n) is 4.21. The Balaban J connectivity index is 2.25. The van der Waals surface area contributed by atoms with Crippen molar-refractivity contribution in [3.63, 3.8) is 0 Å². The lowest BCUT2D eigenvalue weighted by Gasteiger charge is -2.06. The predicted octanol–water partition coefficient (Wildman–Crippen LogP) is 3.04. The number of hydrogen-bond donors (Lipinski definition) is 2. The number of benzene rings is 1. The van der Waals surface area contributed by atoms with Crippen molar-refractivity contribution in [1.29, 1.82) is 0 Å². The highest BCUT2D eigenvalue weighted by Gasteiger charge is 2.18. The highest BCUT2D eigenvalue weighted by atomic mass is 32.2. The van der Waals surface area contributed by atoms with E-state index in [0.717, 1.165) is 15.3 Å². The Morgan fingerprint density at radius 1 is 1.30 bits per heavy atom. The normalized spacial score (nSPS) is 11.6. The molecule has 0 aliphatic carbocycles. The van der Waals surface area contributed by atoms with Crippen LogP contribution in [0.15, 0.2) is 39.4 Å². The second-order valence-corrected chi connectivity index (χ2v) is 8.14. The smallest absolute Gasteiger partial charge is 0.271 e. The molecule has 0 spiro atoms. The summed E-state index contributed by atoms with van der Waals surface area (Å²) in [5, 5.41) is 0. The Kier molecular flexibility index (Phi) is 4.74. The fourth-order valence-corrected chi connectivity index (χ4v) is 4.62. The topological polar surface area (TPSA) is 72.2 Å². The van der Waals surface area contributed by atoms with Crippen molar-refractivity contribution in [1.82, 2.24) is 0 Å². The van der Waals surface area contributed by atoms with E-state index in [0.29, 0.717) is 16.4 Å². The van der Waals surface area contributed by atoms with Crippen molar-refractivity contribution >= 4 is 38.8 Å². The molecule has 0 aliphatic rings. The van der Waals surface area contributed by atoms with Crippen LogP contribution in [0.25, 0.3) is 0 Å². The first-order chi connectivity index (χ1) is 9.46. The van der Waals surface area contributed by atoms with Crippen molar-refractivity contribution in [2.75, 3.05) is 11.0 Å². The molecule has 1 aromatic carbocycles. The molecule has 0 radical (unpaired) electrons. The minimum Gasteiger partial charge on any atom is -0.326 e. The summed E-state index contributed by atoms with van der Waals surface area (Å²) in [6.45, 7) is 2.22. The highest BCUT2D eigenvalue weighted by molar-refractivity contribution is 7.98. The maximum absolute atomic E-state index is 12.3. The standard InChI is InChI=1S/C13H16N2O2S3/c1-9-7-13(19-12(9)8-14)20(16,17)15-10-3-5-11(18-2)6-4-10/h3-7,15H,8,14H2,1-2H3. The van der Waals surface area contributed by atoms with E-state index in [2.05, 4.69) is 4.72 Å². The molecule has 0 atom stereocenters. The van der Waals surface area contributed by atoms with E-state index in [4.69, 9.17) is 5.73 Å². The second kappa shape index (κ2) is 6.17. The summed E-state index contributed by atoms with van der Waals surface area (Å²) in [4.78, 5) is 1.98. The van der Waals surface area contributed by atoms with Gasteiger partial charge in [0.05, 0.1) is 0 Å². The Morgan fingerprint density at radius 3 is 2.45 bits per heavy atom. The number of aryl methyl sites for hydroxylation is 1. The summed E-state index contributed by atoms with van der Waals surface area (Å²) >= 11 is 2.82. The predicted molar refractivity (Wildman–Crippen MR) is 86.0 cm³/mol. The number of thiophene rings is 1. The van der Waals surface area contributed by atoms with Gasteiger partial charge >= 0.3 is 0 Å². The number of rotatable bonds is 5. The number of nitrogens with two attached hydrogens (primary N) is 1. The van der Waals surface area contributed by atoms with Crippen LogP contribution in [0.2, 0.25) is 0 Å². The van der Waals surface area contributed by atoms with Crippen LogP contribution in [-0.4, -0.2) is 14.7 Å². The van der Waals surface area contributed by atoms with Crippen LogP contribution in [0.5, 0.6) is 0 Å². The lowest BCUT2D eigenvalue weighted by Crippen LogP contribution is -2.11. The fourth-order valence-electron chi connectivity index (χ4n) is 1.69. The number of thioether (sulfide) groups is 1. The van der Waals surface area contributed by atoms with Gasteiger partial charge in [-0.2, -0.15) is 0 Å². The van der Waals surface area contributed by atoms with Gasteiger partial charge in [-0.15, -0.1) is 23.1 Å². The molecule has 0 aliphatic heterocycles. The van der Waals surface area contributed by atoms with Gasteiger partial charge in [-0.3, -0.25) is 4.72 Å². The van der Waals surface area contributed by atoms with Crippen LogP contribution in [0, 0.1) is 6.92 Å². The molecule has 108 valence electrons. The van der Waals surface area contributed by atoms with E-state index in [1.165, 1.54) is 11.3 Å². The Hall–Kier alpha value is -1.02. The minimum absolute atomic E-state index is 0.296. The molecule has 0 saturated heterocycles. The van der Waals surface area contributed by atoms with Crippen LogP contribution in [0.1, 0.15) is 10.4 Å². The van der Waals surface area contributed by atoms with Crippen molar-refractivity contribution < 1.29 is 8.42 Å². The zero-order chi connectivity index (χ0) is 14.8. The van der Waals surface area contributed by atoms with E-state index < -0.39 is 10.0 Å². The number of sulfonamides is 1. The van der Waals surface area contributed by atoms with Crippen molar-refractivity contribution in [3.05, 3.63) is 40.8 Å². The van der Waals surface area contributed by atoms with Gasteiger partial charge < -0.3 is 5.73 Å². The van der Waals surface area contributed by atoms with E-state index in [9.17, 15) is 8.42 Å². The summed E-state index contributed by atoms with van der Waals surface area (Å²) in [5.41, 5.74) is 7.06. The minimum atomic E-state index is -3.54. The Bertz CT molecular complexity index is 691. The molecular formula is C13H16N2O2S3. The summed E-state index contributed by atoms with van der Waals surface area (Å²) in [6.07, 6.45) is 1.97. The van der Waals surface area contributed by atoms with Crippen molar-refractivity contribution in [2.45, 2.75) is 22.6 Å². The molecule has 1 aromatic heterocycles. The average Bonchev–Trinajstić information content (AvgIpc) is 2.81. The van der Waals surface area contributed by atoms with Gasteiger partial charge in [-0.1, -0.05) is 0 Å². The van der Waals surface area contributed by atoms with Gasteiger partial charge in [0.1, 0.15) is 4.21 Å². The summed E-state index contributed by atoms with van der Waals surface area (Å²) < 4.78 is 27.5. The summed E-state index contributed by atoms with van der Waals surface area (Å²) in [6, 6.07) is 8.94. The van der Waals surface area contributed by atoms with Crippen LogP contribution >= 0.6 is 23.1 Å². The van der Waals surface area contributed by atoms with Crippen molar-refractivity contribution in [3.8, 4) is 0 Å². The molecule has 2 rings (SSSR count). The fraction of sp³-hybridized carbons (Fsp3) is 0.231. The molecule has 0 amide bonds. The first kappa shape index (κ1) is 15.4. The van der Waals surface area contributed by atoms with Crippen molar-refractivity contribution in [2.24, 2.45) is 5.73 Å². The Morgan fingerprint density at radius 2 is 1.95 bits per heavy atom. The van der Waals surface area contributed by atoms with Gasteiger partial charge in [0, 0.05) is 22.0 Å². The molecule has 0 unspecified atom stereocenters.